The summed E-state index contributed by atoms with van der Waals surface area (Å²) < 4.78 is 27.6. The van der Waals surface area contributed by atoms with Crippen molar-refractivity contribution in [3.63, 3.8) is 0 Å². The van der Waals surface area contributed by atoms with Crippen LogP contribution in [-0.2, 0) is 20.2 Å². The minimum Gasteiger partial charge on any atom is -0.380 e. The molecule has 0 bridgehead atoms. The second kappa shape index (κ2) is 9.18. The van der Waals surface area contributed by atoms with Gasteiger partial charge in [-0.25, -0.2) is 13.1 Å². The highest BCUT2D eigenvalue weighted by molar-refractivity contribution is 7.89. The predicted molar refractivity (Wildman–Crippen MR) is 120 cm³/mol. The largest absolute Gasteiger partial charge is 0.380 e. The highest BCUT2D eigenvalue weighted by atomic mass is 32.2. The van der Waals surface area contributed by atoms with Crippen LogP contribution >= 0.6 is 0 Å². The Kier molecular flexibility index (Phi) is 6.83. The third-order valence-corrected chi connectivity index (χ3v) is 6.82. The van der Waals surface area contributed by atoms with Gasteiger partial charge in [0.15, 0.2) is 0 Å². The van der Waals surface area contributed by atoms with E-state index < -0.39 is 10.0 Å². The van der Waals surface area contributed by atoms with Crippen LogP contribution in [0.15, 0.2) is 59.5 Å². The quantitative estimate of drug-likeness (QED) is 0.707. The van der Waals surface area contributed by atoms with Crippen molar-refractivity contribution in [3.8, 4) is 0 Å². The van der Waals surface area contributed by atoms with E-state index in [0.717, 1.165) is 17.7 Å². The molecule has 2 aromatic carbocycles. The van der Waals surface area contributed by atoms with Crippen LogP contribution in [0.25, 0.3) is 0 Å². The summed E-state index contributed by atoms with van der Waals surface area (Å²) in [4.78, 5) is 14.5. The maximum absolute atomic E-state index is 12.5. The Morgan fingerprint density at radius 2 is 1.73 bits per heavy atom. The van der Waals surface area contributed by atoms with Gasteiger partial charge in [0, 0.05) is 37.8 Å². The van der Waals surface area contributed by atoms with E-state index >= 15 is 0 Å². The zero-order valence-electron chi connectivity index (χ0n) is 17.9. The van der Waals surface area contributed by atoms with Gasteiger partial charge in [-0.2, -0.15) is 0 Å². The molecule has 6 nitrogen and oxygen atoms in total. The fraction of sp³-hybridized carbons (Fsp3) is 0.435. The maximum atomic E-state index is 12.5. The lowest BCUT2D eigenvalue weighted by atomic mass is 9.87. The first-order chi connectivity index (χ1) is 14.1. The van der Waals surface area contributed by atoms with Gasteiger partial charge >= 0.3 is 0 Å². The number of sulfonamides is 1. The molecule has 0 aliphatic carbocycles. The van der Waals surface area contributed by atoms with Gasteiger partial charge in [-0.3, -0.25) is 4.79 Å². The van der Waals surface area contributed by atoms with Gasteiger partial charge in [0.2, 0.25) is 15.9 Å². The standard InChI is InChI=1S/C23H31N3O3S/c1-23(2,3)18-9-11-21(12-10-18)30(28,29)24-15-13-22(27)26-16-14-20(17-26)25-19-7-5-4-6-8-19/h4-12,20,24-25H,13-17H2,1-3H3. The minimum absolute atomic E-state index is 0.0295. The number of carbonyl (C=O) groups excluding carboxylic acids is 1. The Labute approximate surface area is 179 Å². The van der Waals surface area contributed by atoms with Gasteiger partial charge in [-0.15, -0.1) is 0 Å². The van der Waals surface area contributed by atoms with Crippen molar-refractivity contribution < 1.29 is 13.2 Å². The maximum Gasteiger partial charge on any atom is 0.240 e. The summed E-state index contributed by atoms with van der Waals surface area (Å²) in [6.45, 7) is 7.66. The normalized spacial score (nSPS) is 17.2. The molecule has 0 saturated carbocycles. The highest BCUT2D eigenvalue weighted by Crippen LogP contribution is 2.23. The zero-order valence-corrected chi connectivity index (χ0v) is 18.7. The third kappa shape index (κ3) is 5.83. The monoisotopic (exact) mass is 429 g/mol. The van der Waals surface area contributed by atoms with E-state index in [1.807, 2.05) is 42.5 Å². The van der Waals surface area contributed by atoms with Gasteiger partial charge in [0.05, 0.1) is 4.90 Å². The van der Waals surface area contributed by atoms with Crippen LogP contribution in [0.4, 0.5) is 5.69 Å². The van der Waals surface area contributed by atoms with Crippen molar-refractivity contribution in [1.82, 2.24) is 9.62 Å². The summed E-state index contributed by atoms with van der Waals surface area (Å²) in [5, 5.41) is 3.44. The van der Waals surface area contributed by atoms with E-state index in [2.05, 4.69) is 30.8 Å². The number of para-hydroxylation sites is 1. The molecule has 0 aromatic heterocycles. The molecule has 7 heteroatoms. The van der Waals surface area contributed by atoms with E-state index in [-0.39, 0.29) is 35.2 Å². The number of amides is 1. The fourth-order valence-electron chi connectivity index (χ4n) is 3.54. The Hall–Kier alpha value is -2.38. The molecule has 1 aliphatic rings. The summed E-state index contributed by atoms with van der Waals surface area (Å²) in [5.74, 6) is -0.0295. The fourth-order valence-corrected chi connectivity index (χ4v) is 4.57. The first-order valence-electron chi connectivity index (χ1n) is 10.3. The molecule has 1 heterocycles. The molecule has 1 aliphatic heterocycles. The molecule has 30 heavy (non-hydrogen) atoms. The molecule has 2 aromatic rings. The van der Waals surface area contributed by atoms with E-state index in [0.29, 0.717) is 13.1 Å². The molecule has 3 rings (SSSR count). The smallest absolute Gasteiger partial charge is 0.240 e. The van der Waals surface area contributed by atoms with Gasteiger partial charge in [-0.05, 0) is 41.7 Å². The Morgan fingerprint density at radius 3 is 2.37 bits per heavy atom. The molecule has 1 atom stereocenters. The van der Waals surface area contributed by atoms with E-state index in [9.17, 15) is 13.2 Å². The number of benzene rings is 2. The summed E-state index contributed by atoms with van der Waals surface area (Å²) >= 11 is 0. The minimum atomic E-state index is -3.63. The molecule has 1 saturated heterocycles. The molecule has 1 fully saturated rings. The second-order valence-electron chi connectivity index (χ2n) is 8.76. The van der Waals surface area contributed by atoms with E-state index in [1.54, 1.807) is 17.0 Å². The molecule has 2 N–H and O–H groups in total. The van der Waals surface area contributed by atoms with Crippen LogP contribution in [0.3, 0.4) is 0 Å². The number of anilines is 1. The number of carbonyl (C=O) groups is 1. The summed E-state index contributed by atoms with van der Waals surface area (Å²) in [6, 6.07) is 17.1. The first-order valence-corrected chi connectivity index (χ1v) is 11.8. The van der Waals surface area contributed by atoms with Gasteiger partial charge in [0.1, 0.15) is 0 Å². The lowest BCUT2D eigenvalue weighted by Crippen LogP contribution is -2.34. The number of nitrogens with one attached hydrogen (secondary N) is 2. The highest BCUT2D eigenvalue weighted by Gasteiger charge is 2.26. The average molecular weight is 430 g/mol. The molecular weight excluding hydrogens is 398 g/mol. The van der Waals surface area contributed by atoms with E-state index in [4.69, 9.17) is 0 Å². The number of hydrogen-bond acceptors (Lipinski definition) is 4. The van der Waals surface area contributed by atoms with Crippen molar-refractivity contribution >= 4 is 21.6 Å². The number of rotatable bonds is 7. The summed E-state index contributed by atoms with van der Waals surface area (Å²) in [6.07, 6.45) is 1.03. The van der Waals surface area contributed by atoms with Crippen molar-refractivity contribution in [1.29, 1.82) is 0 Å². The second-order valence-corrected chi connectivity index (χ2v) is 10.5. The number of hydrogen-bond donors (Lipinski definition) is 2. The molecule has 162 valence electrons. The zero-order chi connectivity index (χ0) is 21.8. The van der Waals surface area contributed by atoms with Crippen LogP contribution in [0, 0.1) is 0 Å². The van der Waals surface area contributed by atoms with Crippen LogP contribution < -0.4 is 10.0 Å². The number of likely N-dealkylation sites (tertiary alicyclic amines) is 1. The summed E-state index contributed by atoms with van der Waals surface area (Å²) in [5.41, 5.74) is 2.08. The van der Waals surface area contributed by atoms with Crippen LogP contribution in [-0.4, -0.2) is 44.9 Å². The lowest BCUT2D eigenvalue weighted by Gasteiger charge is -2.19. The molecule has 0 spiro atoms. The van der Waals surface area contributed by atoms with Crippen molar-refractivity contribution in [2.24, 2.45) is 0 Å². The van der Waals surface area contributed by atoms with Crippen LogP contribution in [0.5, 0.6) is 0 Å². The number of nitrogens with zero attached hydrogens (tertiary/aromatic N) is 1. The Bertz CT molecular complexity index is 951. The molecule has 1 amide bonds. The van der Waals surface area contributed by atoms with Crippen LogP contribution in [0.1, 0.15) is 39.2 Å². The first kappa shape index (κ1) is 22.3. The van der Waals surface area contributed by atoms with Gasteiger partial charge in [0.25, 0.3) is 0 Å². The lowest BCUT2D eigenvalue weighted by molar-refractivity contribution is -0.129. The third-order valence-electron chi connectivity index (χ3n) is 5.35. The molecule has 1 unspecified atom stereocenters. The van der Waals surface area contributed by atoms with Crippen molar-refractivity contribution in [2.75, 3.05) is 25.0 Å². The Balaban J connectivity index is 1.47. The van der Waals surface area contributed by atoms with Crippen molar-refractivity contribution in [3.05, 3.63) is 60.2 Å². The Morgan fingerprint density at radius 1 is 1.07 bits per heavy atom. The summed E-state index contributed by atoms with van der Waals surface area (Å²) in [7, 11) is -3.63. The predicted octanol–water partition coefficient (Wildman–Crippen LogP) is 3.37. The van der Waals surface area contributed by atoms with Gasteiger partial charge in [-0.1, -0.05) is 51.1 Å². The van der Waals surface area contributed by atoms with Gasteiger partial charge < -0.3 is 10.2 Å². The SMILES string of the molecule is CC(C)(C)c1ccc(S(=O)(=O)NCCC(=O)N2CCC(Nc3ccccc3)C2)cc1. The average Bonchev–Trinajstić information content (AvgIpc) is 3.16. The van der Waals surface area contributed by atoms with E-state index in [1.165, 1.54) is 0 Å². The molecular formula is C23H31N3O3S. The topological polar surface area (TPSA) is 78.5 Å². The van der Waals surface area contributed by atoms with Crippen molar-refractivity contribution in [2.45, 2.75) is 50.0 Å². The molecule has 0 radical (unpaired) electrons. The van der Waals surface area contributed by atoms with Crippen LogP contribution in [0.2, 0.25) is 0 Å².